The molecule has 2 aromatic heterocycles. The molecule has 0 saturated carbocycles. The lowest BCUT2D eigenvalue weighted by atomic mass is 9.92. The Kier molecular flexibility index (Phi) is 4.52. The van der Waals surface area contributed by atoms with E-state index in [4.69, 9.17) is 23.2 Å². The quantitative estimate of drug-likeness (QED) is 0.718. The van der Waals surface area contributed by atoms with Gasteiger partial charge < -0.3 is 10.4 Å². The van der Waals surface area contributed by atoms with E-state index in [1.807, 2.05) is 12.1 Å². The van der Waals surface area contributed by atoms with E-state index in [2.05, 4.69) is 10.3 Å². The fraction of sp³-hybridized carbons (Fsp3) is 0.333. The molecule has 1 aliphatic rings. The van der Waals surface area contributed by atoms with Gasteiger partial charge in [0.15, 0.2) is 5.65 Å². The van der Waals surface area contributed by atoms with Gasteiger partial charge in [0.2, 0.25) is 0 Å². The van der Waals surface area contributed by atoms with Crippen molar-refractivity contribution in [2.45, 2.75) is 25.0 Å². The summed E-state index contributed by atoms with van der Waals surface area (Å²) in [6.45, 7) is 1.69. The van der Waals surface area contributed by atoms with Gasteiger partial charge in [0.05, 0.1) is 17.5 Å². The summed E-state index contributed by atoms with van der Waals surface area (Å²) in [6, 6.07) is 8.76. The number of nitrogens with zero attached hydrogens (tertiary/aromatic N) is 3. The van der Waals surface area contributed by atoms with Crippen LogP contribution in [0.4, 0.5) is 0 Å². The molecule has 3 aromatic rings. The maximum Gasteiger partial charge on any atom is 0.262 e. The lowest BCUT2D eigenvalue weighted by Crippen LogP contribution is -2.46. The first-order chi connectivity index (χ1) is 12.5. The minimum Gasteiger partial charge on any atom is -0.388 e. The lowest BCUT2D eigenvalue weighted by Gasteiger charge is -2.32. The van der Waals surface area contributed by atoms with Crippen molar-refractivity contribution in [1.29, 1.82) is 0 Å². The summed E-state index contributed by atoms with van der Waals surface area (Å²) in [4.78, 5) is 17.3. The average molecular weight is 393 g/mol. The monoisotopic (exact) mass is 392 g/mol. The largest absolute Gasteiger partial charge is 0.388 e. The van der Waals surface area contributed by atoms with Crippen LogP contribution in [0.2, 0.25) is 10.2 Å². The zero-order valence-electron chi connectivity index (χ0n) is 14.0. The summed E-state index contributed by atoms with van der Waals surface area (Å²) in [6.07, 6.45) is 2.68. The first-order valence-electron chi connectivity index (χ1n) is 8.42. The molecule has 0 bridgehead atoms. The van der Waals surface area contributed by atoms with Crippen LogP contribution in [0.15, 0.2) is 41.5 Å². The smallest absolute Gasteiger partial charge is 0.262 e. The number of hydrogen-bond donors (Lipinski definition) is 2. The van der Waals surface area contributed by atoms with Crippen molar-refractivity contribution in [3.05, 3.63) is 57.2 Å². The van der Waals surface area contributed by atoms with Gasteiger partial charge in [-0.05, 0) is 56.3 Å². The molecule has 4 rings (SSSR count). The maximum absolute atomic E-state index is 12.9. The number of halogens is 2. The van der Waals surface area contributed by atoms with Gasteiger partial charge in [-0.15, -0.1) is 0 Å². The molecule has 0 aliphatic carbocycles. The van der Waals surface area contributed by atoms with Gasteiger partial charge in [0, 0.05) is 10.7 Å². The van der Waals surface area contributed by atoms with Crippen LogP contribution < -0.4 is 10.9 Å². The molecule has 3 heterocycles. The number of hydrogen-bond acceptors (Lipinski definition) is 4. The third kappa shape index (κ3) is 3.14. The van der Waals surface area contributed by atoms with Crippen LogP contribution in [-0.2, 0) is 6.54 Å². The summed E-state index contributed by atoms with van der Waals surface area (Å²) >= 11 is 12.3. The highest BCUT2D eigenvalue weighted by atomic mass is 35.5. The second-order valence-corrected chi connectivity index (χ2v) is 7.49. The van der Waals surface area contributed by atoms with Gasteiger partial charge in [-0.2, -0.15) is 0 Å². The molecule has 0 unspecified atom stereocenters. The molecule has 0 amide bonds. The molecule has 0 atom stereocenters. The predicted molar refractivity (Wildman–Crippen MR) is 102 cm³/mol. The highest BCUT2D eigenvalue weighted by Crippen LogP contribution is 2.26. The fourth-order valence-corrected chi connectivity index (χ4v) is 3.81. The normalized spacial score (nSPS) is 16.9. The minimum absolute atomic E-state index is 0.212. The zero-order valence-corrected chi connectivity index (χ0v) is 15.5. The summed E-state index contributed by atoms with van der Waals surface area (Å²) in [7, 11) is 0. The van der Waals surface area contributed by atoms with Crippen molar-refractivity contribution in [2.24, 2.45) is 0 Å². The third-order valence-electron chi connectivity index (χ3n) is 4.82. The Labute approximate surface area is 160 Å². The molecule has 136 valence electrons. The first-order valence-corrected chi connectivity index (χ1v) is 9.18. The molecule has 26 heavy (non-hydrogen) atoms. The minimum atomic E-state index is -0.896. The highest BCUT2D eigenvalue weighted by molar-refractivity contribution is 6.31. The van der Waals surface area contributed by atoms with Crippen LogP contribution in [-0.4, -0.2) is 37.9 Å². The zero-order chi connectivity index (χ0) is 18.3. The second-order valence-electron chi connectivity index (χ2n) is 6.67. The first kappa shape index (κ1) is 17.5. The SMILES string of the molecule is O=c1c2cc(Cl)n(-c3ccc(Cl)cc3)c2ncn1CC1(O)CCNCC1. The maximum atomic E-state index is 12.9. The Balaban J connectivity index is 1.77. The molecule has 0 radical (unpaired) electrons. The lowest BCUT2D eigenvalue weighted by molar-refractivity contribution is -0.00627. The van der Waals surface area contributed by atoms with Gasteiger partial charge in [0.25, 0.3) is 5.56 Å². The number of aliphatic hydroxyl groups is 1. The number of piperidine rings is 1. The molecular weight excluding hydrogens is 375 g/mol. The Morgan fingerprint density at radius 3 is 2.58 bits per heavy atom. The fourth-order valence-electron chi connectivity index (χ4n) is 3.40. The van der Waals surface area contributed by atoms with Gasteiger partial charge >= 0.3 is 0 Å². The van der Waals surface area contributed by atoms with Crippen LogP contribution in [0.25, 0.3) is 16.7 Å². The van der Waals surface area contributed by atoms with E-state index in [-0.39, 0.29) is 12.1 Å². The standard InChI is InChI=1S/C18H18Cl2N4O2/c19-12-1-3-13(4-2-12)24-15(20)9-14-16(24)22-11-23(17(14)25)10-18(26)5-7-21-8-6-18/h1-4,9,11,21,26H,5-8,10H2. The van der Waals surface area contributed by atoms with Crippen molar-refractivity contribution in [3.63, 3.8) is 0 Å². The van der Waals surface area contributed by atoms with Crippen LogP contribution in [0, 0.1) is 0 Å². The highest BCUT2D eigenvalue weighted by Gasteiger charge is 2.30. The Morgan fingerprint density at radius 2 is 1.88 bits per heavy atom. The second kappa shape index (κ2) is 6.70. The van der Waals surface area contributed by atoms with E-state index in [0.717, 1.165) is 18.8 Å². The van der Waals surface area contributed by atoms with Crippen molar-refractivity contribution >= 4 is 34.2 Å². The van der Waals surface area contributed by atoms with Crippen molar-refractivity contribution < 1.29 is 5.11 Å². The molecule has 8 heteroatoms. The number of fused-ring (bicyclic) bond motifs is 1. The molecule has 0 spiro atoms. The molecule has 2 N–H and O–H groups in total. The number of rotatable bonds is 3. The van der Waals surface area contributed by atoms with E-state index in [9.17, 15) is 9.90 Å². The van der Waals surface area contributed by atoms with Crippen LogP contribution >= 0.6 is 23.2 Å². The van der Waals surface area contributed by atoms with E-state index < -0.39 is 5.60 Å². The molecule has 6 nitrogen and oxygen atoms in total. The molecule has 1 aliphatic heterocycles. The van der Waals surface area contributed by atoms with Crippen molar-refractivity contribution in [3.8, 4) is 5.69 Å². The summed E-state index contributed by atoms with van der Waals surface area (Å²) in [5, 5.41) is 15.4. The Morgan fingerprint density at radius 1 is 1.19 bits per heavy atom. The number of nitrogens with one attached hydrogen (secondary N) is 1. The van der Waals surface area contributed by atoms with Crippen LogP contribution in [0.3, 0.4) is 0 Å². The molecule has 1 fully saturated rings. The Hall–Kier alpha value is -1.86. The van der Waals surface area contributed by atoms with E-state index in [1.165, 1.54) is 10.9 Å². The molecule has 1 aromatic carbocycles. The van der Waals surface area contributed by atoms with E-state index in [0.29, 0.717) is 34.1 Å². The average Bonchev–Trinajstić information content (AvgIpc) is 2.96. The Bertz CT molecular complexity index is 1000. The van der Waals surface area contributed by atoms with Gasteiger partial charge in [-0.25, -0.2) is 4.98 Å². The topological polar surface area (TPSA) is 72.1 Å². The van der Waals surface area contributed by atoms with Crippen LogP contribution in [0.5, 0.6) is 0 Å². The third-order valence-corrected chi connectivity index (χ3v) is 5.35. The van der Waals surface area contributed by atoms with E-state index >= 15 is 0 Å². The summed E-state index contributed by atoms with van der Waals surface area (Å²) in [5.74, 6) is 0. The van der Waals surface area contributed by atoms with Crippen molar-refractivity contribution in [2.75, 3.05) is 13.1 Å². The number of benzene rings is 1. The van der Waals surface area contributed by atoms with E-state index in [1.54, 1.807) is 22.8 Å². The van der Waals surface area contributed by atoms with Gasteiger partial charge in [-0.1, -0.05) is 23.2 Å². The summed E-state index contributed by atoms with van der Waals surface area (Å²) in [5.41, 5.74) is 0.149. The van der Waals surface area contributed by atoms with Crippen LogP contribution in [0.1, 0.15) is 12.8 Å². The summed E-state index contributed by atoms with van der Waals surface area (Å²) < 4.78 is 3.17. The van der Waals surface area contributed by atoms with Gasteiger partial charge in [0.1, 0.15) is 11.5 Å². The van der Waals surface area contributed by atoms with Gasteiger partial charge in [-0.3, -0.25) is 13.9 Å². The number of aromatic nitrogens is 3. The van der Waals surface area contributed by atoms with Crippen molar-refractivity contribution in [1.82, 2.24) is 19.4 Å². The predicted octanol–water partition coefficient (Wildman–Crippen LogP) is 2.61. The molecular formula is C18H18Cl2N4O2. The molecule has 1 saturated heterocycles.